The van der Waals surface area contributed by atoms with E-state index in [2.05, 4.69) is 24.5 Å². The van der Waals surface area contributed by atoms with Crippen molar-refractivity contribution in [3.8, 4) is 0 Å². The van der Waals surface area contributed by atoms with Crippen molar-refractivity contribution in [3.63, 3.8) is 0 Å². The molecule has 0 spiro atoms. The largest absolute Gasteiger partial charge is 0.444 e. The van der Waals surface area contributed by atoms with Crippen LogP contribution in [0, 0.1) is 11.3 Å². The van der Waals surface area contributed by atoms with Gasteiger partial charge in [0.05, 0.1) is 11.0 Å². The number of alkyl carbamates (subject to hydrolysis) is 1. The maximum Gasteiger partial charge on any atom is 0.408 e. The van der Waals surface area contributed by atoms with Gasteiger partial charge in [-0.3, -0.25) is 4.79 Å². The molecule has 0 saturated carbocycles. The van der Waals surface area contributed by atoms with Crippen LogP contribution in [0.3, 0.4) is 0 Å². The molecule has 0 aromatic rings. The van der Waals surface area contributed by atoms with Crippen molar-refractivity contribution < 1.29 is 19.5 Å². The Morgan fingerprint density at radius 3 is 1.94 bits per heavy atom. The fourth-order valence-electron chi connectivity index (χ4n) is 5.17. The highest BCUT2D eigenvalue weighted by molar-refractivity contribution is 5.84. The maximum atomic E-state index is 13.4. The van der Waals surface area contributed by atoms with E-state index >= 15 is 0 Å². The van der Waals surface area contributed by atoms with Crippen LogP contribution < -0.4 is 10.6 Å². The van der Waals surface area contributed by atoms with Crippen molar-refractivity contribution in [3.05, 3.63) is 11.6 Å². The summed E-state index contributed by atoms with van der Waals surface area (Å²) in [5.41, 5.74) is -2.00. The number of rotatable bonds is 7. The third-order valence-corrected chi connectivity index (χ3v) is 6.60. The zero-order chi connectivity index (χ0) is 26.9. The van der Waals surface area contributed by atoms with Gasteiger partial charge in [-0.2, -0.15) is 5.06 Å². The Hall–Kier alpha value is -1.60. The highest BCUT2D eigenvalue weighted by Crippen LogP contribution is 2.37. The molecule has 0 radical (unpaired) electrons. The standard InChI is InChI=1S/C27H51N3O4/c1-18(2)14-27(13,29-22(32)34-23(4,5)6)19(3)15-24(7,8)21(31)28-20-16-25(9,10)30(33)26(11,12)17-20/h15,18,20,33H,14,16-17H2,1-13H3,(H,28,31)(H,29,32). The number of carbonyl (C=O) groups is 2. The molecule has 7 heteroatoms. The predicted molar refractivity (Wildman–Crippen MR) is 138 cm³/mol. The molecule has 1 saturated heterocycles. The summed E-state index contributed by atoms with van der Waals surface area (Å²) in [7, 11) is 0. The molecule has 0 aromatic heterocycles. The normalized spacial score (nSPS) is 21.7. The molecule has 1 atom stereocenters. The van der Waals surface area contributed by atoms with E-state index in [0.29, 0.717) is 25.2 Å². The van der Waals surface area contributed by atoms with Gasteiger partial charge in [0.2, 0.25) is 5.91 Å². The monoisotopic (exact) mass is 481 g/mol. The zero-order valence-corrected chi connectivity index (χ0v) is 24.0. The van der Waals surface area contributed by atoms with Gasteiger partial charge in [0.15, 0.2) is 0 Å². The summed E-state index contributed by atoms with van der Waals surface area (Å²) >= 11 is 0. The lowest BCUT2D eigenvalue weighted by Gasteiger charge is -2.51. The lowest BCUT2D eigenvalue weighted by Crippen LogP contribution is -2.63. The minimum Gasteiger partial charge on any atom is -0.444 e. The molecule has 0 aliphatic carbocycles. The molecule has 2 amide bonds. The third-order valence-electron chi connectivity index (χ3n) is 6.60. The van der Waals surface area contributed by atoms with E-state index in [1.54, 1.807) is 0 Å². The highest BCUT2D eigenvalue weighted by atomic mass is 16.6. The molecule has 7 nitrogen and oxygen atoms in total. The van der Waals surface area contributed by atoms with Crippen molar-refractivity contribution in [2.24, 2.45) is 11.3 Å². The number of piperidine rings is 1. The smallest absolute Gasteiger partial charge is 0.408 e. The Bertz CT molecular complexity index is 759. The van der Waals surface area contributed by atoms with E-state index in [0.717, 1.165) is 5.57 Å². The zero-order valence-electron chi connectivity index (χ0n) is 24.0. The van der Waals surface area contributed by atoms with Gasteiger partial charge < -0.3 is 20.6 Å². The van der Waals surface area contributed by atoms with Crippen LogP contribution in [0.1, 0.15) is 109 Å². The molecule has 1 heterocycles. The topological polar surface area (TPSA) is 90.9 Å². The summed E-state index contributed by atoms with van der Waals surface area (Å²) < 4.78 is 5.51. The Morgan fingerprint density at radius 2 is 1.53 bits per heavy atom. The van der Waals surface area contributed by atoms with Gasteiger partial charge in [-0.15, -0.1) is 0 Å². The molecule has 0 bridgehead atoms. The lowest BCUT2D eigenvalue weighted by atomic mass is 9.77. The number of nitrogens with zero attached hydrogens (tertiary/aromatic N) is 1. The minimum atomic E-state index is -0.789. The van der Waals surface area contributed by atoms with Gasteiger partial charge in [-0.1, -0.05) is 25.5 Å². The van der Waals surface area contributed by atoms with Crippen LogP contribution in [-0.4, -0.2) is 50.5 Å². The lowest BCUT2D eigenvalue weighted by molar-refractivity contribution is -0.246. The molecule has 198 valence electrons. The van der Waals surface area contributed by atoms with Gasteiger partial charge >= 0.3 is 6.09 Å². The summed E-state index contributed by atoms with van der Waals surface area (Å²) in [5, 5.41) is 18.3. The summed E-state index contributed by atoms with van der Waals surface area (Å²) in [5.74, 6) is 0.257. The SMILES string of the molecule is CC(=CC(C)(C)C(=O)NC1CC(C)(C)N(O)C(C)(C)C1)C(C)(CC(C)C)NC(=O)OC(C)(C)C. The first-order chi connectivity index (χ1) is 15.0. The minimum absolute atomic E-state index is 0.0455. The van der Waals surface area contributed by atoms with Crippen molar-refractivity contribution in [1.82, 2.24) is 15.7 Å². The number of carbonyl (C=O) groups excluding carboxylic acids is 2. The highest BCUT2D eigenvalue weighted by Gasteiger charge is 2.46. The van der Waals surface area contributed by atoms with Gasteiger partial charge in [0.1, 0.15) is 5.60 Å². The van der Waals surface area contributed by atoms with E-state index < -0.39 is 33.7 Å². The maximum absolute atomic E-state index is 13.4. The van der Waals surface area contributed by atoms with Crippen LogP contribution in [0.4, 0.5) is 4.79 Å². The summed E-state index contributed by atoms with van der Waals surface area (Å²) in [6, 6.07) is -0.0455. The van der Waals surface area contributed by atoms with E-state index in [1.165, 1.54) is 5.06 Å². The number of hydroxylamine groups is 2. The Kier molecular flexibility index (Phi) is 9.11. The average molecular weight is 482 g/mol. The number of hydrogen-bond donors (Lipinski definition) is 3. The van der Waals surface area contributed by atoms with E-state index in [9.17, 15) is 14.8 Å². The quantitative estimate of drug-likeness (QED) is 0.399. The number of amides is 2. The van der Waals surface area contributed by atoms with E-state index in [1.807, 2.05) is 82.2 Å². The van der Waals surface area contributed by atoms with Crippen LogP contribution in [0.15, 0.2) is 11.6 Å². The fourth-order valence-corrected chi connectivity index (χ4v) is 5.17. The predicted octanol–water partition coefficient (Wildman–Crippen LogP) is 5.82. The molecule has 1 unspecified atom stereocenters. The molecule has 0 aromatic carbocycles. The second kappa shape index (κ2) is 10.2. The fraction of sp³-hybridized carbons (Fsp3) is 0.852. The summed E-state index contributed by atoms with van der Waals surface area (Å²) in [6.07, 6.45) is 3.51. The molecular weight excluding hydrogens is 430 g/mol. The van der Waals surface area contributed by atoms with Crippen molar-refractivity contribution in [2.45, 2.75) is 138 Å². The van der Waals surface area contributed by atoms with Gasteiger partial charge in [0, 0.05) is 17.1 Å². The second-order valence-electron chi connectivity index (χ2n) is 13.6. The van der Waals surface area contributed by atoms with Gasteiger partial charge in [-0.05, 0) is 101 Å². The van der Waals surface area contributed by atoms with Crippen LogP contribution in [0.25, 0.3) is 0 Å². The molecule has 1 aliphatic heterocycles. The Morgan fingerprint density at radius 1 is 1.06 bits per heavy atom. The Labute approximate surface area is 208 Å². The number of ether oxygens (including phenoxy) is 1. The number of nitrogens with one attached hydrogen (secondary N) is 2. The van der Waals surface area contributed by atoms with Gasteiger partial charge in [-0.25, -0.2) is 4.79 Å². The van der Waals surface area contributed by atoms with Crippen molar-refractivity contribution >= 4 is 12.0 Å². The average Bonchev–Trinajstić information content (AvgIpc) is 2.55. The Balaban J connectivity index is 3.11. The van der Waals surface area contributed by atoms with E-state index in [4.69, 9.17) is 4.74 Å². The summed E-state index contributed by atoms with van der Waals surface area (Å²) in [6.45, 7) is 25.4. The second-order valence-corrected chi connectivity index (χ2v) is 13.6. The van der Waals surface area contributed by atoms with Crippen LogP contribution in [0.5, 0.6) is 0 Å². The van der Waals surface area contributed by atoms with Crippen LogP contribution >= 0.6 is 0 Å². The number of hydrogen-bond acceptors (Lipinski definition) is 5. The van der Waals surface area contributed by atoms with E-state index in [-0.39, 0.29) is 11.9 Å². The van der Waals surface area contributed by atoms with Crippen molar-refractivity contribution in [2.75, 3.05) is 0 Å². The first kappa shape index (κ1) is 30.4. The molecule has 34 heavy (non-hydrogen) atoms. The first-order valence-electron chi connectivity index (χ1n) is 12.5. The van der Waals surface area contributed by atoms with Crippen molar-refractivity contribution in [1.29, 1.82) is 0 Å². The van der Waals surface area contributed by atoms with Crippen LogP contribution in [0.2, 0.25) is 0 Å². The molecule has 1 rings (SSSR count). The van der Waals surface area contributed by atoms with Crippen LogP contribution in [-0.2, 0) is 9.53 Å². The molecule has 1 aliphatic rings. The molecule has 3 N–H and O–H groups in total. The van der Waals surface area contributed by atoms with Gasteiger partial charge in [0.25, 0.3) is 0 Å². The first-order valence-corrected chi connectivity index (χ1v) is 12.5. The summed E-state index contributed by atoms with van der Waals surface area (Å²) in [4.78, 5) is 26.0. The molecule has 1 fully saturated rings. The third kappa shape index (κ3) is 8.26. The molecular formula is C27H51N3O4.